The van der Waals surface area contributed by atoms with Gasteiger partial charge in [0.2, 0.25) is 0 Å². The molecule has 2 aliphatic rings. The zero-order chi connectivity index (χ0) is 16.5. The van der Waals surface area contributed by atoms with Crippen LogP contribution in [0.1, 0.15) is 31.2 Å². The van der Waals surface area contributed by atoms with Crippen molar-refractivity contribution in [1.82, 2.24) is 4.90 Å². The SMILES string of the molecule is O=C(OCc1ccccc1)N1CCC(O)(C2(C(=O)O)CC2)CC1. The van der Waals surface area contributed by atoms with Crippen molar-refractivity contribution in [3.63, 3.8) is 0 Å². The van der Waals surface area contributed by atoms with Gasteiger partial charge in [-0.2, -0.15) is 0 Å². The Hall–Kier alpha value is -2.08. The van der Waals surface area contributed by atoms with Crippen LogP contribution in [0.2, 0.25) is 0 Å². The van der Waals surface area contributed by atoms with Crippen molar-refractivity contribution in [2.24, 2.45) is 5.41 Å². The van der Waals surface area contributed by atoms with Gasteiger partial charge in [0, 0.05) is 13.1 Å². The maximum absolute atomic E-state index is 12.1. The molecule has 23 heavy (non-hydrogen) atoms. The van der Waals surface area contributed by atoms with Crippen LogP contribution in [0, 0.1) is 5.41 Å². The van der Waals surface area contributed by atoms with Crippen molar-refractivity contribution in [3.8, 4) is 0 Å². The van der Waals surface area contributed by atoms with Crippen molar-refractivity contribution in [3.05, 3.63) is 35.9 Å². The molecular formula is C17H21NO5. The van der Waals surface area contributed by atoms with Crippen LogP contribution in [0.5, 0.6) is 0 Å². The molecule has 0 atom stereocenters. The zero-order valence-corrected chi connectivity index (χ0v) is 12.9. The van der Waals surface area contributed by atoms with E-state index in [9.17, 15) is 19.8 Å². The summed E-state index contributed by atoms with van der Waals surface area (Å²) in [5.74, 6) is -0.930. The molecule has 2 fully saturated rings. The number of likely N-dealkylation sites (tertiary alicyclic amines) is 1. The lowest BCUT2D eigenvalue weighted by atomic mass is 9.77. The minimum absolute atomic E-state index is 0.208. The highest BCUT2D eigenvalue weighted by Gasteiger charge is 2.64. The van der Waals surface area contributed by atoms with Gasteiger partial charge in [-0.25, -0.2) is 4.79 Å². The van der Waals surface area contributed by atoms with Gasteiger partial charge in [-0.3, -0.25) is 4.79 Å². The second kappa shape index (κ2) is 5.85. The van der Waals surface area contributed by atoms with Crippen LogP contribution >= 0.6 is 0 Å². The Labute approximate surface area is 134 Å². The normalized spacial score (nSPS) is 21.5. The van der Waals surface area contributed by atoms with Gasteiger partial charge in [0.25, 0.3) is 0 Å². The minimum atomic E-state index is -1.21. The molecule has 124 valence electrons. The van der Waals surface area contributed by atoms with Crippen LogP contribution in [-0.2, 0) is 16.1 Å². The van der Waals surface area contributed by atoms with Crippen molar-refractivity contribution >= 4 is 12.1 Å². The Bertz CT molecular complexity index is 588. The van der Waals surface area contributed by atoms with E-state index in [1.165, 1.54) is 4.90 Å². The van der Waals surface area contributed by atoms with Gasteiger partial charge in [0.05, 0.1) is 11.0 Å². The number of hydrogen-bond donors (Lipinski definition) is 2. The average molecular weight is 319 g/mol. The molecule has 1 aromatic carbocycles. The summed E-state index contributed by atoms with van der Waals surface area (Å²) in [5, 5.41) is 20.0. The molecule has 1 aliphatic heterocycles. The van der Waals surface area contributed by atoms with Crippen molar-refractivity contribution in [1.29, 1.82) is 0 Å². The highest BCUT2D eigenvalue weighted by atomic mass is 16.6. The molecule has 6 nitrogen and oxygen atoms in total. The largest absolute Gasteiger partial charge is 0.481 e. The number of carboxylic acid groups (broad SMARTS) is 1. The first kappa shape index (κ1) is 15.8. The summed E-state index contributed by atoms with van der Waals surface area (Å²) < 4.78 is 5.27. The zero-order valence-electron chi connectivity index (χ0n) is 12.9. The van der Waals surface area contributed by atoms with Crippen LogP contribution in [-0.4, -0.2) is 45.9 Å². The molecule has 0 spiro atoms. The quantitative estimate of drug-likeness (QED) is 0.886. The Morgan fingerprint density at radius 2 is 1.70 bits per heavy atom. The molecule has 0 bridgehead atoms. The van der Waals surface area contributed by atoms with Crippen LogP contribution in [0.4, 0.5) is 4.79 Å². The third-order valence-electron chi connectivity index (χ3n) is 5.10. The summed E-state index contributed by atoms with van der Waals surface area (Å²) in [6.45, 7) is 0.845. The van der Waals surface area contributed by atoms with Gasteiger partial charge >= 0.3 is 12.1 Å². The fourth-order valence-corrected chi connectivity index (χ4v) is 3.35. The van der Waals surface area contributed by atoms with Gasteiger partial charge < -0.3 is 19.8 Å². The lowest BCUT2D eigenvalue weighted by Crippen LogP contribution is -2.53. The maximum atomic E-state index is 12.1. The fourth-order valence-electron chi connectivity index (χ4n) is 3.35. The van der Waals surface area contributed by atoms with Crippen molar-refractivity contribution < 1.29 is 24.5 Å². The van der Waals surface area contributed by atoms with Crippen LogP contribution < -0.4 is 0 Å². The number of amides is 1. The monoisotopic (exact) mass is 319 g/mol. The molecule has 6 heteroatoms. The molecule has 1 amide bonds. The van der Waals surface area contributed by atoms with Gasteiger partial charge in [-0.05, 0) is 31.2 Å². The summed E-state index contributed by atoms with van der Waals surface area (Å²) in [5.41, 5.74) is -1.31. The molecule has 1 aromatic rings. The van der Waals surface area contributed by atoms with Gasteiger partial charge in [-0.15, -0.1) is 0 Å². The van der Waals surface area contributed by atoms with E-state index < -0.39 is 23.1 Å². The van der Waals surface area contributed by atoms with E-state index in [0.717, 1.165) is 5.56 Å². The summed E-state index contributed by atoms with van der Waals surface area (Å²) in [4.78, 5) is 25.0. The Morgan fingerprint density at radius 1 is 1.09 bits per heavy atom. The number of ether oxygens (including phenoxy) is 1. The van der Waals surface area contributed by atoms with Gasteiger partial charge in [0.15, 0.2) is 0 Å². The van der Waals surface area contributed by atoms with Gasteiger partial charge in [-0.1, -0.05) is 30.3 Å². The molecule has 2 N–H and O–H groups in total. The number of carbonyl (C=O) groups is 2. The minimum Gasteiger partial charge on any atom is -0.481 e. The van der Waals surface area contributed by atoms with E-state index >= 15 is 0 Å². The summed E-state index contributed by atoms with van der Waals surface area (Å²) >= 11 is 0. The molecular weight excluding hydrogens is 298 g/mol. The van der Waals surface area contributed by atoms with E-state index in [2.05, 4.69) is 0 Å². The molecule has 1 saturated carbocycles. The first-order valence-corrected chi connectivity index (χ1v) is 7.88. The average Bonchev–Trinajstić information content (AvgIpc) is 3.37. The molecule has 3 rings (SSSR count). The topological polar surface area (TPSA) is 87.1 Å². The predicted octanol–water partition coefficient (Wildman–Crippen LogP) is 2.01. The van der Waals surface area contributed by atoms with E-state index in [1.807, 2.05) is 30.3 Å². The second-order valence-corrected chi connectivity index (χ2v) is 6.45. The highest BCUT2D eigenvalue weighted by Crippen LogP contribution is 2.57. The van der Waals surface area contributed by atoms with E-state index in [0.29, 0.717) is 25.9 Å². The number of carboxylic acids is 1. The number of piperidine rings is 1. The Morgan fingerprint density at radius 3 is 2.22 bits per heavy atom. The number of hydrogen-bond acceptors (Lipinski definition) is 4. The predicted molar refractivity (Wildman–Crippen MR) is 81.7 cm³/mol. The third-order valence-corrected chi connectivity index (χ3v) is 5.10. The maximum Gasteiger partial charge on any atom is 0.410 e. The fraction of sp³-hybridized carbons (Fsp3) is 0.529. The van der Waals surface area contributed by atoms with Crippen LogP contribution in [0.15, 0.2) is 30.3 Å². The molecule has 0 unspecified atom stereocenters. The van der Waals surface area contributed by atoms with E-state index in [-0.39, 0.29) is 19.4 Å². The molecule has 0 radical (unpaired) electrons. The van der Waals surface area contributed by atoms with E-state index in [4.69, 9.17) is 4.74 Å². The van der Waals surface area contributed by atoms with E-state index in [1.54, 1.807) is 0 Å². The van der Waals surface area contributed by atoms with Crippen LogP contribution in [0.25, 0.3) is 0 Å². The molecule has 1 aliphatic carbocycles. The van der Waals surface area contributed by atoms with Crippen molar-refractivity contribution in [2.45, 2.75) is 37.9 Å². The molecule has 1 saturated heterocycles. The van der Waals surface area contributed by atoms with Gasteiger partial charge in [0.1, 0.15) is 6.61 Å². The summed E-state index contributed by atoms with van der Waals surface area (Å²) in [7, 11) is 0. The number of aliphatic carboxylic acids is 1. The third kappa shape index (κ3) is 2.91. The van der Waals surface area contributed by atoms with Crippen LogP contribution in [0.3, 0.4) is 0 Å². The smallest absolute Gasteiger partial charge is 0.410 e. The lowest BCUT2D eigenvalue weighted by molar-refractivity contribution is -0.160. The standard InChI is InChI=1S/C17H21NO5/c19-14(20)16(6-7-16)17(22)8-10-18(11-9-17)15(21)23-12-13-4-2-1-3-5-13/h1-5,22H,6-12H2,(H,19,20). The summed E-state index contributed by atoms with van der Waals surface area (Å²) in [6.07, 6.45) is 1.16. The molecule has 1 heterocycles. The number of benzene rings is 1. The molecule has 0 aromatic heterocycles. The number of nitrogens with zero attached hydrogens (tertiary/aromatic N) is 1. The Balaban J connectivity index is 1.53. The Kier molecular flexibility index (Phi) is 4.02. The van der Waals surface area contributed by atoms with Crippen molar-refractivity contribution in [2.75, 3.05) is 13.1 Å². The number of rotatable bonds is 4. The highest BCUT2D eigenvalue weighted by molar-refractivity contribution is 5.79. The lowest BCUT2D eigenvalue weighted by Gasteiger charge is -2.41. The second-order valence-electron chi connectivity index (χ2n) is 6.45. The number of aliphatic hydroxyl groups is 1. The first-order valence-electron chi connectivity index (χ1n) is 7.88. The summed E-state index contributed by atoms with van der Waals surface area (Å²) in [6, 6.07) is 9.42. The number of carbonyl (C=O) groups excluding carboxylic acids is 1. The first-order chi connectivity index (χ1) is 11.0.